The van der Waals surface area contributed by atoms with Crippen LogP contribution in [0.4, 0.5) is 0 Å². The first-order valence-corrected chi connectivity index (χ1v) is 7.02. The highest BCUT2D eigenvalue weighted by atomic mass is 16.5. The molecule has 0 bridgehead atoms. The molecule has 0 saturated carbocycles. The molecular weight excluding hydrogens is 226 g/mol. The van der Waals surface area contributed by atoms with Crippen LogP contribution in [0.2, 0.25) is 0 Å². The van der Waals surface area contributed by atoms with Gasteiger partial charge in [-0.3, -0.25) is 4.79 Å². The van der Waals surface area contributed by atoms with Crippen LogP contribution < -0.4 is 0 Å². The summed E-state index contributed by atoms with van der Waals surface area (Å²) < 4.78 is 5.97. The van der Waals surface area contributed by atoms with Crippen LogP contribution in [0.5, 0.6) is 0 Å². The number of carbonyl (C=O) groups excluding carboxylic acids is 1. The molecular formula is C15H23NO2. The molecule has 0 aromatic heterocycles. The van der Waals surface area contributed by atoms with Crippen LogP contribution in [0.3, 0.4) is 0 Å². The van der Waals surface area contributed by atoms with Crippen molar-refractivity contribution in [3.8, 4) is 0 Å². The number of hydrogen-bond acceptors (Lipinski definition) is 2. The molecule has 1 amide bonds. The topological polar surface area (TPSA) is 29.5 Å². The number of hydrogen-bond donors (Lipinski definition) is 0. The molecule has 3 nitrogen and oxygen atoms in total. The maximum Gasteiger partial charge on any atom is 0.255 e. The van der Waals surface area contributed by atoms with Gasteiger partial charge >= 0.3 is 0 Å². The highest BCUT2D eigenvalue weighted by molar-refractivity contribution is 5.94. The monoisotopic (exact) mass is 249 g/mol. The third-order valence-corrected chi connectivity index (χ3v) is 3.74. The van der Waals surface area contributed by atoms with Crippen LogP contribution >= 0.6 is 0 Å². The van der Waals surface area contributed by atoms with Crippen LogP contribution in [-0.4, -0.2) is 23.6 Å². The lowest BCUT2D eigenvalue weighted by Gasteiger charge is -2.32. The van der Waals surface area contributed by atoms with Gasteiger partial charge in [-0.05, 0) is 39.5 Å². The molecule has 1 atom stereocenters. The van der Waals surface area contributed by atoms with Crippen molar-refractivity contribution < 1.29 is 9.53 Å². The quantitative estimate of drug-likeness (QED) is 0.552. The lowest BCUT2D eigenvalue weighted by molar-refractivity contribution is -0.139. The normalized spacial score (nSPS) is 23.8. The van der Waals surface area contributed by atoms with Crippen LogP contribution in [0, 0.1) is 0 Å². The summed E-state index contributed by atoms with van der Waals surface area (Å²) in [4.78, 5) is 14.0. The molecule has 0 spiro atoms. The number of carbonyl (C=O) groups is 1. The van der Waals surface area contributed by atoms with Crippen molar-refractivity contribution in [2.45, 2.75) is 58.6 Å². The average molecular weight is 249 g/mol. The van der Waals surface area contributed by atoms with Gasteiger partial charge in [0.25, 0.3) is 5.91 Å². The van der Waals surface area contributed by atoms with E-state index in [1.165, 1.54) is 0 Å². The smallest absolute Gasteiger partial charge is 0.255 e. The van der Waals surface area contributed by atoms with Crippen LogP contribution in [-0.2, 0) is 9.53 Å². The molecule has 2 aliphatic heterocycles. The molecule has 0 N–H and O–H groups in total. The average Bonchev–Trinajstić information content (AvgIpc) is 2.83. The summed E-state index contributed by atoms with van der Waals surface area (Å²) in [6, 6.07) is 0. The molecule has 0 aromatic carbocycles. The van der Waals surface area contributed by atoms with E-state index in [-0.39, 0.29) is 12.1 Å². The summed E-state index contributed by atoms with van der Waals surface area (Å²) in [5.41, 5.74) is 0.819. The molecule has 3 heteroatoms. The minimum atomic E-state index is 0.0201. The lowest BCUT2D eigenvalue weighted by Crippen LogP contribution is -2.41. The third-order valence-electron chi connectivity index (χ3n) is 3.74. The predicted molar refractivity (Wildman–Crippen MR) is 71.8 cm³/mol. The van der Waals surface area contributed by atoms with E-state index in [0.717, 1.165) is 56.4 Å². The van der Waals surface area contributed by atoms with Crippen molar-refractivity contribution in [1.82, 2.24) is 4.90 Å². The summed E-state index contributed by atoms with van der Waals surface area (Å²) in [5.74, 6) is 1.12. The number of unbranched alkanes of at least 4 members (excludes halogenated alkanes) is 2. The molecule has 100 valence electrons. The van der Waals surface area contributed by atoms with Gasteiger partial charge < -0.3 is 9.64 Å². The Bertz CT molecular complexity index is 371. The number of rotatable bonds is 5. The fraction of sp³-hybridized carbons (Fsp3) is 0.667. The fourth-order valence-corrected chi connectivity index (χ4v) is 2.64. The molecule has 0 radical (unpaired) electrons. The number of amides is 1. The van der Waals surface area contributed by atoms with Crippen molar-refractivity contribution in [3.05, 3.63) is 23.5 Å². The van der Waals surface area contributed by atoms with Crippen LogP contribution in [0.25, 0.3) is 0 Å². The first-order chi connectivity index (χ1) is 8.74. The van der Waals surface area contributed by atoms with E-state index in [9.17, 15) is 4.79 Å². The van der Waals surface area contributed by atoms with E-state index in [1.54, 1.807) is 0 Å². The van der Waals surface area contributed by atoms with E-state index < -0.39 is 0 Å². The standard InChI is InChI=1S/C15H23NO2/c1-3-4-5-6-7-9-13-12(2)15(17)16-11-8-10-14(16)18-13/h3-4,14H,5-11H2,1-2H3/b4-3-. The largest absolute Gasteiger partial charge is 0.474 e. The number of allylic oxidation sites excluding steroid dienone is 3. The zero-order chi connectivity index (χ0) is 13.0. The van der Waals surface area contributed by atoms with E-state index in [4.69, 9.17) is 4.74 Å². The SMILES string of the molecule is C/C=C\CCCCC1=C(C)C(=O)N2CCCC2O1. The van der Waals surface area contributed by atoms with E-state index in [2.05, 4.69) is 12.2 Å². The second-order valence-electron chi connectivity index (χ2n) is 5.08. The summed E-state index contributed by atoms with van der Waals surface area (Å²) >= 11 is 0. The second kappa shape index (κ2) is 6.07. The van der Waals surface area contributed by atoms with Gasteiger partial charge in [0.05, 0.1) is 5.57 Å². The first kappa shape index (κ1) is 13.2. The van der Waals surface area contributed by atoms with E-state index in [0.29, 0.717) is 0 Å². The van der Waals surface area contributed by atoms with Gasteiger partial charge in [-0.2, -0.15) is 0 Å². The van der Waals surface area contributed by atoms with Gasteiger partial charge in [0.2, 0.25) is 0 Å². The maximum absolute atomic E-state index is 12.1. The van der Waals surface area contributed by atoms with E-state index >= 15 is 0 Å². The van der Waals surface area contributed by atoms with Gasteiger partial charge in [-0.15, -0.1) is 0 Å². The van der Waals surface area contributed by atoms with Crippen LogP contribution in [0.1, 0.15) is 52.4 Å². The third kappa shape index (κ3) is 2.77. The minimum absolute atomic E-state index is 0.0201. The number of nitrogens with zero attached hydrogens (tertiary/aromatic N) is 1. The highest BCUT2D eigenvalue weighted by Gasteiger charge is 2.36. The number of fused-ring (bicyclic) bond motifs is 1. The second-order valence-corrected chi connectivity index (χ2v) is 5.08. The van der Waals surface area contributed by atoms with Crippen LogP contribution in [0.15, 0.2) is 23.5 Å². The Morgan fingerprint density at radius 3 is 3.06 bits per heavy atom. The highest BCUT2D eigenvalue weighted by Crippen LogP contribution is 2.31. The predicted octanol–water partition coefficient (Wildman–Crippen LogP) is 3.38. The Morgan fingerprint density at radius 1 is 1.44 bits per heavy atom. The Hall–Kier alpha value is -1.25. The molecule has 1 unspecified atom stereocenters. The van der Waals surface area contributed by atoms with Gasteiger partial charge in [-0.25, -0.2) is 0 Å². The van der Waals surface area contributed by atoms with Gasteiger partial charge in [0.1, 0.15) is 5.76 Å². The van der Waals surface area contributed by atoms with E-state index in [1.807, 2.05) is 18.7 Å². The Balaban J connectivity index is 1.89. The Morgan fingerprint density at radius 2 is 2.28 bits per heavy atom. The van der Waals surface area contributed by atoms with Crippen molar-refractivity contribution in [1.29, 1.82) is 0 Å². The zero-order valence-electron chi connectivity index (χ0n) is 11.4. The lowest BCUT2D eigenvalue weighted by atomic mass is 10.1. The molecule has 18 heavy (non-hydrogen) atoms. The Kier molecular flexibility index (Phi) is 4.45. The molecule has 2 aliphatic rings. The molecule has 0 aliphatic carbocycles. The van der Waals surface area contributed by atoms with Gasteiger partial charge in [0.15, 0.2) is 6.23 Å². The first-order valence-electron chi connectivity index (χ1n) is 7.02. The Labute approximate surface area is 109 Å². The molecule has 1 saturated heterocycles. The van der Waals surface area contributed by atoms with Gasteiger partial charge in [-0.1, -0.05) is 12.2 Å². The fourth-order valence-electron chi connectivity index (χ4n) is 2.64. The molecule has 2 rings (SSSR count). The van der Waals surface area contributed by atoms with Crippen molar-refractivity contribution in [3.63, 3.8) is 0 Å². The maximum atomic E-state index is 12.1. The van der Waals surface area contributed by atoms with Crippen molar-refractivity contribution >= 4 is 5.91 Å². The van der Waals surface area contributed by atoms with Crippen molar-refractivity contribution in [2.24, 2.45) is 0 Å². The molecule has 1 fully saturated rings. The molecule has 0 aromatic rings. The zero-order valence-corrected chi connectivity index (χ0v) is 11.4. The summed E-state index contributed by atoms with van der Waals surface area (Å²) in [7, 11) is 0. The number of ether oxygens (including phenoxy) is 1. The van der Waals surface area contributed by atoms with Gasteiger partial charge in [0, 0.05) is 19.4 Å². The summed E-state index contributed by atoms with van der Waals surface area (Å²) in [5, 5.41) is 0. The van der Waals surface area contributed by atoms with Crippen molar-refractivity contribution in [2.75, 3.05) is 6.54 Å². The molecule has 2 heterocycles. The summed E-state index contributed by atoms with van der Waals surface area (Å²) in [6.45, 7) is 4.80. The minimum Gasteiger partial charge on any atom is -0.474 e. The summed E-state index contributed by atoms with van der Waals surface area (Å²) in [6.07, 6.45) is 10.6.